The Labute approximate surface area is 205 Å². The van der Waals surface area contributed by atoms with Crippen molar-refractivity contribution in [2.24, 2.45) is 0 Å². The average molecular weight is 511 g/mol. The molecule has 0 radical (unpaired) electrons. The Bertz CT molecular complexity index is 994. The van der Waals surface area contributed by atoms with E-state index in [-0.39, 0.29) is 0 Å². The third kappa shape index (κ3) is 6.65. The lowest BCUT2D eigenvalue weighted by Crippen LogP contribution is -2.46. The summed E-state index contributed by atoms with van der Waals surface area (Å²) in [4.78, 5) is 5.03. The van der Waals surface area contributed by atoms with Gasteiger partial charge in [-0.2, -0.15) is 0 Å². The minimum absolute atomic E-state index is 0.509. The molecule has 6 heteroatoms. The highest BCUT2D eigenvalue weighted by molar-refractivity contribution is 9.10. The van der Waals surface area contributed by atoms with Crippen LogP contribution in [0.1, 0.15) is 11.1 Å². The van der Waals surface area contributed by atoms with Crippen molar-refractivity contribution < 1.29 is 14.2 Å². The van der Waals surface area contributed by atoms with E-state index >= 15 is 0 Å². The van der Waals surface area contributed by atoms with Gasteiger partial charge in [0.25, 0.3) is 0 Å². The number of hydrogen-bond acceptors (Lipinski definition) is 5. The standard InChI is InChI=1S/C27H31BrN2O3/c1-31-25-17-26(32-2)19-27(18-25)33-20-22-5-3-21(4-6-22)11-12-29-13-15-30(16-14-29)24-9-7-23(28)8-10-24/h3-10,17-19H,11-16,20H2,1-2H3. The largest absolute Gasteiger partial charge is 0.496 e. The lowest BCUT2D eigenvalue weighted by atomic mass is 10.1. The maximum absolute atomic E-state index is 5.95. The summed E-state index contributed by atoms with van der Waals surface area (Å²) in [6.45, 7) is 5.96. The van der Waals surface area contributed by atoms with Crippen molar-refractivity contribution in [1.29, 1.82) is 0 Å². The lowest BCUT2D eigenvalue weighted by Gasteiger charge is -2.36. The molecule has 0 aliphatic carbocycles. The highest BCUT2D eigenvalue weighted by atomic mass is 79.9. The van der Waals surface area contributed by atoms with Crippen LogP contribution in [0.2, 0.25) is 0 Å². The number of piperazine rings is 1. The van der Waals surface area contributed by atoms with Crippen molar-refractivity contribution in [1.82, 2.24) is 4.90 Å². The van der Waals surface area contributed by atoms with E-state index in [2.05, 4.69) is 74.3 Å². The molecule has 1 fully saturated rings. The first-order valence-corrected chi connectivity index (χ1v) is 12.1. The predicted octanol–water partition coefficient (Wildman–Crippen LogP) is 5.41. The second-order valence-corrected chi connectivity index (χ2v) is 9.12. The maximum Gasteiger partial charge on any atom is 0.127 e. The number of rotatable bonds is 9. The van der Waals surface area contributed by atoms with Gasteiger partial charge in [0.05, 0.1) is 14.2 Å². The van der Waals surface area contributed by atoms with Crippen molar-refractivity contribution in [3.05, 3.63) is 82.3 Å². The van der Waals surface area contributed by atoms with Crippen LogP contribution in [0.25, 0.3) is 0 Å². The number of methoxy groups -OCH3 is 2. The minimum Gasteiger partial charge on any atom is -0.496 e. The Kier molecular flexibility index (Phi) is 8.13. The highest BCUT2D eigenvalue weighted by Crippen LogP contribution is 2.28. The van der Waals surface area contributed by atoms with Crippen LogP contribution in [-0.2, 0) is 13.0 Å². The van der Waals surface area contributed by atoms with Crippen LogP contribution in [0.4, 0.5) is 5.69 Å². The summed E-state index contributed by atoms with van der Waals surface area (Å²) in [5.74, 6) is 2.17. The summed E-state index contributed by atoms with van der Waals surface area (Å²) in [6, 6.07) is 22.9. The van der Waals surface area contributed by atoms with Crippen molar-refractivity contribution in [3.8, 4) is 17.2 Å². The van der Waals surface area contributed by atoms with Gasteiger partial charge in [0.1, 0.15) is 23.9 Å². The van der Waals surface area contributed by atoms with Gasteiger partial charge < -0.3 is 19.1 Å². The molecule has 0 spiro atoms. The van der Waals surface area contributed by atoms with E-state index in [4.69, 9.17) is 14.2 Å². The molecule has 33 heavy (non-hydrogen) atoms. The van der Waals surface area contributed by atoms with Crippen LogP contribution in [0.15, 0.2) is 71.2 Å². The highest BCUT2D eigenvalue weighted by Gasteiger charge is 2.17. The van der Waals surface area contributed by atoms with E-state index in [0.29, 0.717) is 6.61 Å². The molecule has 0 unspecified atom stereocenters. The Morgan fingerprint density at radius 1 is 0.727 bits per heavy atom. The molecule has 0 N–H and O–H groups in total. The van der Waals surface area contributed by atoms with Gasteiger partial charge in [-0.05, 0) is 41.8 Å². The second kappa shape index (κ2) is 11.4. The summed E-state index contributed by atoms with van der Waals surface area (Å²) in [5, 5.41) is 0. The van der Waals surface area contributed by atoms with Gasteiger partial charge in [-0.25, -0.2) is 0 Å². The van der Waals surface area contributed by atoms with E-state index in [1.165, 1.54) is 11.3 Å². The zero-order valence-corrected chi connectivity index (χ0v) is 20.9. The molecule has 3 aromatic carbocycles. The fraction of sp³-hybridized carbons (Fsp3) is 0.333. The first-order valence-electron chi connectivity index (χ1n) is 11.3. The van der Waals surface area contributed by atoms with Crippen LogP contribution < -0.4 is 19.1 Å². The number of benzene rings is 3. The molecule has 1 saturated heterocycles. The quantitative estimate of drug-likeness (QED) is 0.384. The van der Waals surface area contributed by atoms with Crippen LogP contribution in [0.5, 0.6) is 17.2 Å². The lowest BCUT2D eigenvalue weighted by molar-refractivity contribution is 0.261. The second-order valence-electron chi connectivity index (χ2n) is 8.21. The first-order chi connectivity index (χ1) is 16.1. The zero-order valence-electron chi connectivity index (χ0n) is 19.3. The van der Waals surface area contributed by atoms with Gasteiger partial charge in [0.15, 0.2) is 0 Å². The molecule has 1 heterocycles. The fourth-order valence-electron chi connectivity index (χ4n) is 4.00. The summed E-state index contributed by atoms with van der Waals surface area (Å²) >= 11 is 3.51. The molecular formula is C27H31BrN2O3. The van der Waals surface area contributed by atoms with Crippen molar-refractivity contribution >= 4 is 21.6 Å². The van der Waals surface area contributed by atoms with E-state index in [9.17, 15) is 0 Å². The monoisotopic (exact) mass is 510 g/mol. The maximum atomic E-state index is 5.95. The van der Waals surface area contributed by atoms with Gasteiger partial charge in [-0.1, -0.05) is 40.2 Å². The van der Waals surface area contributed by atoms with E-state index in [1.54, 1.807) is 14.2 Å². The fourth-order valence-corrected chi connectivity index (χ4v) is 4.27. The summed E-state index contributed by atoms with van der Waals surface area (Å²) in [5.41, 5.74) is 3.81. The molecule has 0 bridgehead atoms. The topological polar surface area (TPSA) is 34.2 Å². The first kappa shape index (κ1) is 23.5. The Morgan fingerprint density at radius 2 is 1.30 bits per heavy atom. The Hall–Kier alpha value is -2.70. The van der Waals surface area contributed by atoms with Gasteiger partial charge >= 0.3 is 0 Å². The number of halogens is 1. The van der Waals surface area contributed by atoms with Crippen LogP contribution in [-0.4, -0.2) is 51.8 Å². The molecule has 1 aliphatic rings. The minimum atomic E-state index is 0.509. The van der Waals surface area contributed by atoms with Gasteiger partial charge in [0, 0.05) is 61.1 Å². The average Bonchev–Trinajstić information content (AvgIpc) is 2.87. The molecule has 0 saturated carbocycles. The smallest absolute Gasteiger partial charge is 0.127 e. The van der Waals surface area contributed by atoms with Crippen molar-refractivity contribution in [2.45, 2.75) is 13.0 Å². The molecule has 4 rings (SSSR count). The van der Waals surface area contributed by atoms with Gasteiger partial charge in [0.2, 0.25) is 0 Å². The van der Waals surface area contributed by atoms with Gasteiger partial charge in [-0.15, -0.1) is 0 Å². The van der Waals surface area contributed by atoms with Crippen molar-refractivity contribution in [2.75, 3.05) is 51.8 Å². The Balaban J connectivity index is 1.22. The number of ether oxygens (including phenoxy) is 3. The molecule has 3 aromatic rings. The normalized spacial score (nSPS) is 14.2. The summed E-state index contributed by atoms with van der Waals surface area (Å²) in [6.07, 6.45) is 1.06. The molecule has 0 aromatic heterocycles. The number of nitrogens with zero attached hydrogens (tertiary/aromatic N) is 2. The molecule has 5 nitrogen and oxygen atoms in total. The van der Waals surface area contributed by atoms with Gasteiger partial charge in [-0.3, -0.25) is 4.90 Å². The summed E-state index contributed by atoms with van der Waals surface area (Å²) in [7, 11) is 3.28. The van der Waals surface area contributed by atoms with Crippen LogP contribution >= 0.6 is 15.9 Å². The molecular weight excluding hydrogens is 480 g/mol. The number of hydrogen-bond donors (Lipinski definition) is 0. The third-order valence-electron chi connectivity index (χ3n) is 6.03. The summed E-state index contributed by atoms with van der Waals surface area (Å²) < 4.78 is 17.7. The van der Waals surface area contributed by atoms with E-state index < -0.39 is 0 Å². The van der Waals surface area contributed by atoms with Crippen LogP contribution in [0.3, 0.4) is 0 Å². The molecule has 174 valence electrons. The predicted molar refractivity (Wildman–Crippen MR) is 137 cm³/mol. The van der Waals surface area contributed by atoms with Crippen molar-refractivity contribution in [3.63, 3.8) is 0 Å². The number of anilines is 1. The molecule has 1 aliphatic heterocycles. The Morgan fingerprint density at radius 3 is 1.91 bits per heavy atom. The van der Waals surface area contributed by atoms with E-state index in [0.717, 1.165) is 66.4 Å². The third-order valence-corrected chi connectivity index (χ3v) is 6.56. The molecule has 0 amide bonds. The van der Waals surface area contributed by atoms with Crippen LogP contribution in [0, 0.1) is 0 Å². The van der Waals surface area contributed by atoms with E-state index in [1.807, 2.05) is 18.2 Å². The zero-order chi connectivity index (χ0) is 23.0. The SMILES string of the molecule is COc1cc(OC)cc(OCc2ccc(CCN3CCN(c4ccc(Br)cc4)CC3)cc2)c1. The molecule has 0 atom stereocenters.